The lowest BCUT2D eigenvalue weighted by Gasteiger charge is -2.10. The van der Waals surface area contributed by atoms with E-state index in [-0.39, 0.29) is 18.8 Å². The molecule has 2 aromatic carbocycles. The van der Waals surface area contributed by atoms with Gasteiger partial charge in [0.05, 0.1) is 19.2 Å². The van der Waals surface area contributed by atoms with Gasteiger partial charge in [-0.15, -0.1) is 0 Å². The van der Waals surface area contributed by atoms with E-state index in [0.29, 0.717) is 11.5 Å². The average molecular weight is 396 g/mol. The van der Waals surface area contributed by atoms with Gasteiger partial charge in [0, 0.05) is 5.69 Å². The van der Waals surface area contributed by atoms with Crippen LogP contribution < -0.4 is 20.1 Å². The Morgan fingerprint density at radius 1 is 1.00 bits per heavy atom. The van der Waals surface area contributed by atoms with Gasteiger partial charge in [0.1, 0.15) is 24.5 Å². The average Bonchev–Trinajstić information content (AvgIpc) is 2.65. The van der Waals surface area contributed by atoms with Crippen LogP contribution in [0.5, 0.6) is 11.5 Å². The molecule has 0 spiro atoms. The number of amides is 2. The van der Waals surface area contributed by atoms with Crippen LogP contribution in [-0.4, -0.2) is 32.1 Å². The molecule has 2 aromatic rings. The van der Waals surface area contributed by atoms with Crippen LogP contribution in [0.4, 0.5) is 18.9 Å². The molecule has 0 bridgehead atoms. The first-order valence-corrected chi connectivity index (χ1v) is 8.28. The third-order valence-corrected chi connectivity index (χ3v) is 3.55. The minimum atomic E-state index is -4.51. The SMILES string of the molecule is COc1ccc(OCCNC(=O)CC(=O)Nc2cccc(C(F)(F)F)c2)cc1. The van der Waals surface area contributed by atoms with Crippen LogP contribution in [0.3, 0.4) is 0 Å². The number of hydrogen-bond donors (Lipinski definition) is 2. The molecule has 0 aliphatic carbocycles. The summed E-state index contributed by atoms with van der Waals surface area (Å²) in [5.74, 6) is 0.000443. The third-order valence-electron chi connectivity index (χ3n) is 3.55. The second-order valence-electron chi connectivity index (χ2n) is 5.68. The van der Waals surface area contributed by atoms with Crippen molar-refractivity contribution in [1.29, 1.82) is 0 Å². The largest absolute Gasteiger partial charge is 0.497 e. The Labute approximate surface area is 159 Å². The maximum absolute atomic E-state index is 12.7. The smallest absolute Gasteiger partial charge is 0.416 e. The predicted octanol–water partition coefficient (Wildman–Crippen LogP) is 3.24. The van der Waals surface area contributed by atoms with E-state index in [0.717, 1.165) is 12.1 Å². The number of carbonyl (C=O) groups excluding carboxylic acids is 2. The van der Waals surface area contributed by atoms with Gasteiger partial charge in [-0.2, -0.15) is 13.2 Å². The van der Waals surface area contributed by atoms with Crippen molar-refractivity contribution >= 4 is 17.5 Å². The van der Waals surface area contributed by atoms with Crippen LogP contribution in [0.25, 0.3) is 0 Å². The van der Waals surface area contributed by atoms with Crippen molar-refractivity contribution in [3.05, 3.63) is 54.1 Å². The predicted molar refractivity (Wildman–Crippen MR) is 96.2 cm³/mol. The lowest BCUT2D eigenvalue weighted by Crippen LogP contribution is -2.31. The van der Waals surface area contributed by atoms with E-state index in [9.17, 15) is 22.8 Å². The summed E-state index contributed by atoms with van der Waals surface area (Å²) in [4.78, 5) is 23.5. The minimum absolute atomic E-state index is 0.0320. The second-order valence-corrected chi connectivity index (χ2v) is 5.68. The van der Waals surface area contributed by atoms with Gasteiger partial charge in [-0.1, -0.05) is 6.07 Å². The van der Waals surface area contributed by atoms with Crippen LogP contribution in [0.2, 0.25) is 0 Å². The third kappa shape index (κ3) is 6.82. The molecular formula is C19H19F3N2O4. The lowest BCUT2D eigenvalue weighted by molar-refractivity contribution is -0.137. The maximum atomic E-state index is 12.7. The Morgan fingerprint density at radius 2 is 1.68 bits per heavy atom. The monoisotopic (exact) mass is 396 g/mol. The van der Waals surface area contributed by atoms with E-state index < -0.39 is 30.0 Å². The molecule has 2 rings (SSSR count). The summed E-state index contributed by atoms with van der Waals surface area (Å²) in [6.07, 6.45) is -5.03. The van der Waals surface area contributed by atoms with Crippen LogP contribution in [-0.2, 0) is 15.8 Å². The highest BCUT2D eigenvalue weighted by Gasteiger charge is 2.30. The van der Waals surface area contributed by atoms with E-state index in [4.69, 9.17) is 9.47 Å². The highest BCUT2D eigenvalue weighted by Crippen LogP contribution is 2.30. The van der Waals surface area contributed by atoms with Gasteiger partial charge in [-0.05, 0) is 42.5 Å². The molecule has 9 heteroatoms. The number of carbonyl (C=O) groups is 2. The van der Waals surface area contributed by atoms with Crippen LogP contribution in [0, 0.1) is 0 Å². The van der Waals surface area contributed by atoms with Crippen molar-refractivity contribution in [2.75, 3.05) is 25.6 Å². The quantitative estimate of drug-likeness (QED) is 0.531. The van der Waals surface area contributed by atoms with E-state index in [1.54, 1.807) is 31.4 Å². The zero-order valence-corrected chi connectivity index (χ0v) is 15.0. The Hall–Kier alpha value is -3.23. The molecule has 0 aliphatic heterocycles. The zero-order chi connectivity index (χ0) is 20.6. The van der Waals surface area contributed by atoms with E-state index in [1.807, 2.05) is 0 Å². The molecule has 28 heavy (non-hydrogen) atoms. The fourth-order valence-electron chi connectivity index (χ4n) is 2.22. The molecular weight excluding hydrogens is 377 g/mol. The summed E-state index contributed by atoms with van der Waals surface area (Å²) in [7, 11) is 1.55. The molecule has 0 unspecified atom stereocenters. The first kappa shape index (κ1) is 21.1. The minimum Gasteiger partial charge on any atom is -0.497 e. The molecule has 0 atom stereocenters. The van der Waals surface area contributed by atoms with Crippen molar-refractivity contribution in [1.82, 2.24) is 5.32 Å². The topological polar surface area (TPSA) is 76.7 Å². The van der Waals surface area contributed by atoms with E-state index >= 15 is 0 Å². The highest BCUT2D eigenvalue weighted by atomic mass is 19.4. The molecule has 2 amide bonds. The van der Waals surface area contributed by atoms with Gasteiger partial charge in [-0.3, -0.25) is 9.59 Å². The van der Waals surface area contributed by atoms with Crippen molar-refractivity contribution in [2.45, 2.75) is 12.6 Å². The summed E-state index contributed by atoms with van der Waals surface area (Å²) < 4.78 is 48.4. The normalized spacial score (nSPS) is 10.9. The van der Waals surface area contributed by atoms with Crippen molar-refractivity contribution < 1.29 is 32.2 Å². The number of anilines is 1. The molecule has 0 saturated heterocycles. The maximum Gasteiger partial charge on any atom is 0.416 e. The first-order valence-electron chi connectivity index (χ1n) is 8.28. The summed E-state index contributed by atoms with van der Waals surface area (Å²) in [5, 5.41) is 4.77. The van der Waals surface area contributed by atoms with Gasteiger partial charge in [0.25, 0.3) is 0 Å². The fraction of sp³-hybridized carbons (Fsp3) is 0.263. The summed E-state index contributed by atoms with van der Waals surface area (Å²) >= 11 is 0. The molecule has 0 heterocycles. The van der Waals surface area contributed by atoms with Crippen molar-refractivity contribution in [3.63, 3.8) is 0 Å². The van der Waals surface area contributed by atoms with Gasteiger partial charge in [0.2, 0.25) is 11.8 Å². The number of halogens is 3. The highest BCUT2D eigenvalue weighted by molar-refractivity contribution is 6.03. The molecule has 0 fully saturated rings. The van der Waals surface area contributed by atoms with Gasteiger partial charge in [0.15, 0.2) is 0 Å². The van der Waals surface area contributed by atoms with Crippen molar-refractivity contribution in [2.24, 2.45) is 0 Å². The second kappa shape index (κ2) is 9.63. The number of rotatable bonds is 8. The Balaban J connectivity index is 1.71. The standard InChI is InChI=1S/C19H19F3N2O4/c1-27-15-5-7-16(8-6-15)28-10-9-23-17(25)12-18(26)24-14-4-2-3-13(11-14)19(20,21)22/h2-8,11H,9-10,12H2,1H3,(H,23,25)(H,24,26). The number of hydrogen-bond acceptors (Lipinski definition) is 4. The summed E-state index contributed by atoms with van der Waals surface area (Å²) in [6, 6.07) is 11.1. The number of methoxy groups -OCH3 is 1. The Morgan fingerprint density at radius 3 is 2.32 bits per heavy atom. The molecule has 2 N–H and O–H groups in total. The van der Waals surface area contributed by atoms with Gasteiger partial charge < -0.3 is 20.1 Å². The molecule has 6 nitrogen and oxygen atoms in total. The van der Waals surface area contributed by atoms with Crippen molar-refractivity contribution in [3.8, 4) is 11.5 Å². The first-order chi connectivity index (χ1) is 13.3. The molecule has 0 aromatic heterocycles. The number of ether oxygens (including phenoxy) is 2. The van der Waals surface area contributed by atoms with E-state index in [2.05, 4.69) is 10.6 Å². The van der Waals surface area contributed by atoms with E-state index in [1.165, 1.54) is 12.1 Å². The number of nitrogens with one attached hydrogen (secondary N) is 2. The van der Waals surface area contributed by atoms with Crippen LogP contribution in [0.1, 0.15) is 12.0 Å². The lowest BCUT2D eigenvalue weighted by atomic mass is 10.2. The number of benzene rings is 2. The number of alkyl halides is 3. The molecule has 0 aliphatic rings. The van der Waals surface area contributed by atoms with Crippen LogP contribution >= 0.6 is 0 Å². The molecule has 150 valence electrons. The Kier molecular flexibility index (Phi) is 7.25. The molecule has 0 radical (unpaired) electrons. The molecule has 0 saturated carbocycles. The fourth-order valence-corrected chi connectivity index (χ4v) is 2.22. The zero-order valence-electron chi connectivity index (χ0n) is 15.0. The van der Waals surface area contributed by atoms with Gasteiger partial charge >= 0.3 is 6.18 Å². The van der Waals surface area contributed by atoms with Crippen LogP contribution in [0.15, 0.2) is 48.5 Å². The summed E-state index contributed by atoms with van der Waals surface area (Å²) in [5.41, 5.74) is -0.916. The summed E-state index contributed by atoms with van der Waals surface area (Å²) in [6.45, 7) is 0.356. The Bertz CT molecular complexity index is 808. The van der Waals surface area contributed by atoms with Gasteiger partial charge in [-0.25, -0.2) is 0 Å².